The normalized spacial score (nSPS) is 17.4. The highest BCUT2D eigenvalue weighted by Gasteiger charge is 2.19. The summed E-state index contributed by atoms with van der Waals surface area (Å²) in [6.07, 6.45) is 5.52. The molecule has 0 aromatic heterocycles. The third-order valence-electron chi connectivity index (χ3n) is 3.22. The van der Waals surface area contributed by atoms with E-state index in [1.165, 1.54) is 12.8 Å². The molecule has 0 bridgehead atoms. The van der Waals surface area contributed by atoms with E-state index in [0.29, 0.717) is 17.8 Å². The van der Waals surface area contributed by atoms with Gasteiger partial charge in [0.1, 0.15) is 11.7 Å². The van der Waals surface area contributed by atoms with Gasteiger partial charge < -0.3 is 14.3 Å². The van der Waals surface area contributed by atoms with Gasteiger partial charge in [-0.1, -0.05) is 6.07 Å². The first-order valence-electron chi connectivity index (χ1n) is 6.18. The summed E-state index contributed by atoms with van der Waals surface area (Å²) in [6.45, 7) is 0. The highest BCUT2D eigenvalue weighted by atomic mass is 35.5. The van der Waals surface area contributed by atoms with E-state index in [2.05, 4.69) is 0 Å². The Morgan fingerprint density at radius 1 is 1.33 bits per heavy atom. The van der Waals surface area contributed by atoms with E-state index < -0.39 is 5.38 Å². The first kappa shape index (κ1) is 13.2. The molecule has 3 nitrogen and oxygen atoms in total. The number of carbonyl (C=O) groups is 1. The highest BCUT2D eigenvalue weighted by molar-refractivity contribution is 6.27. The van der Waals surface area contributed by atoms with Crippen LogP contribution in [-0.2, 0) is 4.79 Å². The predicted molar refractivity (Wildman–Crippen MR) is 70.5 cm³/mol. The number of benzene rings is 1. The van der Waals surface area contributed by atoms with Crippen molar-refractivity contribution in [2.45, 2.75) is 37.2 Å². The molecule has 0 saturated heterocycles. The van der Waals surface area contributed by atoms with Crippen molar-refractivity contribution in [3.8, 4) is 11.5 Å². The van der Waals surface area contributed by atoms with E-state index in [9.17, 15) is 4.79 Å². The van der Waals surface area contributed by atoms with E-state index in [4.69, 9.17) is 21.1 Å². The highest BCUT2D eigenvalue weighted by Crippen LogP contribution is 2.34. The minimum absolute atomic E-state index is 0.249. The van der Waals surface area contributed by atoms with Crippen LogP contribution < -0.4 is 9.47 Å². The summed E-state index contributed by atoms with van der Waals surface area (Å²) in [7, 11) is 1.61. The maximum absolute atomic E-state index is 10.7. The van der Waals surface area contributed by atoms with Gasteiger partial charge in [0.05, 0.1) is 13.2 Å². The van der Waals surface area contributed by atoms with E-state index in [1.807, 2.05) is 0 Å². The predicted octanol–water partition coefficient (Wildman–Crippen LogP) is 3.50. The molecule has 1 aromatic carbocycles. The average Bonchev–Trinajstić information content (AvgIpc) is 2.90. The number of methoxy groups -OCH3 is 1. The Kier molecular flexibility index (Phi) is 4.48. The molecule has 0 N–H and O–H groups in total. The van der Waals surface area contributed by atoms with Crippen LogP contribution >= 0.6 is 11.6 Å². The molecule has 0 heterocycles. The Morgan fingerprint density at radius 3 is 2.67 bits per heavy atom. The molecule has 0 aliphatic heterocycles. The quantitative estimate of drug-likeness (QED) is 0.606. The van der Waals surface area contributed by atoms with Crippen LogP contribution in [0.1, 0.15) is 36.6 Å². The third kappa shape index (κ3) is 2.96. The smallest absolute Gasteiger partial charge is 0.161 e. The minimum Gasteiger partial charge on any atom is -0.493 e. The zero-order valence-corrected chi connectivity index (χ0v) is 11.2. The van der Waals surface area contributed by atoms with Crippen molar-refractivity contribution < 1.29 is 14.3 Å². The maximum atomic E-state index is 10.7. The molecule has 1 unspecified atom stereocenters. The lowest BCUT2D eigenvalue weighted by atomic mass is 10.1. The Bertz CT molecular complexity index is 414. The van der Waals surface area contributed by atoms with E-state index in [0.717, 1.165) is 18.4 Å². The molecule has 1 aromatic rings. The number of ether oxygens (including phenoxy) is 2. The van der Waals surface area contributed by atoms with Crippen molar-refractivity contribution in [3.63, 3.8) is 0 Å². The second-order valence-electron chi connectivity index (χ2n) is 4.47. The van der Waals surface area contributed by atoms with Crippen molar-refractivity contribution in [1.82, 2.24) is 0 Å². The van der Waals surface area contributed by atoms with Gasteiger partial charge in [-0.15, -0.1) is 11.6 Å². The van der Waals surface area contributed by atoms with Gasteiger partial charge in [0.2, 0.25) is 0 Å². The Morgan fingerprint density at radius 2 is 2.06 bits per heavy atom. The Labute approximate surface area is 112 Å². The molecule has 18 heavy (non-hydrogen) atoms. The zero-order chi connectivity index (χ0) is 13.0. The standard InChI is InChI=1S/C14H17ClO3/c1-17-13-7-6-10(12(15)9-16)8-14(13)18-11-4-2-3-5-11/h6-9,11-12H,2-5H2,1H3. The molecule has 1 fully saturated rings. The Balaban J connectivity index is 2.21. The molecule has 0 amide bonds. The van der Waals surface area contributed by atoms with E-state index in [1.54, 1.807) is 25.3 Å². The van der Waals surface area contributed by atoms with Crippen molar-refractivity contribution in [3.05, 3.63) is 23.8 Å². The number of hydrogen-bond donors (Lipinski definition) is 0. The van der Waals surface area contributed by atoms with Crippen LogP contribution in [0.4, 0.5) is 0 Å². The fourth-order valence-corrected chi connectivity index (χ4v) is 2.36. The van der Waals surface area contributed by atoms with Gasteiger partial charge in [-0.05, 0) is 43.4 Å². The molecule has 1 aliphatic rings. The molecule has 98 valence electrons. The fourth-order valence-electron chi connectivity index (χ4n) is 2.22. The van der Waals surface area contributed by atoms with Gasteiger partial charge in [-0.3, -0.25) is 0 Å². The summed E-state index contributed by atoms with van der Waals surface area (Å²) >= 11 is 5.91. The summed E-state index contributed by atoms with van der Waals surface area (Å²) < 4.78 is 11.2. The molecular formula is C14H17ClO3. The van der Waals surface area contributed by atoms with Crippen molar-refractivity contribution in [2.75, 3.05) is 7.11 Å². The second-order valence-corrected chi connectivity index (χ2v) is 4.94. The van der Waals surface area contributed by atoms with Crippen molar-refractivity contribution >= 4 is 17.9 Å². The van der Waals surface area contributed by atoms with Gasteiger partial charge in [-0.25, -0.2) is 0 Å². The molecule has 1 saturated carbocycles. The van der Waals surface area contributed by atoms with Gasteiger partial charge in [0, 0.05) is 0 Å². The van der Waals surface area contributed by atoms with Crippen molar-refractivity contribution in [1.29, 1.82) is 0 Å². The summed E-state index contributed by atoms with van der Waals surface area (Å²) in [5, 5.41) is -0.637. The molecule has 4 heteroatoms. The zero-order valence-electron chi connectivity index (χ0n) is 10.4. The first-order valence-corrected chi connectivity index (χ1v) is 6.62. The SMILES string of the molecule is COc1ccc(C(Cl)C=O)cc1OC1CCCC1. The number of hydrogen-bond acceptors (Lipinski definition) is 3. The van der Waals surface area contributed by atoms with Gasteiger partial charge in [0.15, 0.2) is 11.5 Å². The molecule has 0 radical (unpaired) electrons. The Hall–Kier alpha value is -1.22. The molecule has 0 spiro atoms. The third-order valence-corrected chi connectivity index (χ3v) is 3.58. The van der Waals surface area contributed by atoms with Crippen LogP contribution in [0.25, 0.3) is 0 Å². The monoisotopic (exact) mass is 268 g/mol. The summed E-state index contributed by atoms with van der Waals surface area (Å²) in [5.41, 5.74) is 0.737. The van der Waals surface area contributed by atoms with Crippen LogP contribution in [0.3, 0.4) is 0 Å². The van der Waals surface area contributed by atoms with Crippen molar-refractivity contribution in [2.24, 2.45) is 0 Å². The van der Waals surface area contributed by atoms with Crippen LogP contribution in [0.15, 0.2) is 18.2 Å². The van der Waals surface area contributed by atoms with Crippen LogP contribution in [0.5, 0.6) is 11.5 Å². The van der Waals surface area contributed by atoms with Gasteiger partial charge in [-0.2, -0.15) is 0 Å². The van der Waals surface area contributed by atoms with Crippen LogP contribution in [0, 0.1) is 0 Å². The second kappa shape index (κ2) is 6.10. The summed E-state index contributed by atoms with van der Waals surface area (Å²) in [6, 6.07) is 5.37. The number of alkyl halides is 1. The molecule has 1 atom stereocenters. The van der Waals surface area contributed by atoms with Crippen LogP contribution in [0.2, 0.25) is 0 Å². The molecule has 2 rings (SSSR count). The molecule has 1 aliphatic carbocycles. The van der Waals surface area contributed by atoms with Crippen LogP contribution in [-0.4, -0.2) is 19.5 Å². The number of aldehydes is 1. The molecular weight excluding hydrogens is 252 g/mol. The average molecular weight is 269 g/mol. The number of carbonyl (C=O) groups excluding carboxylic acids is 1. The van der Waals surface area contributed by atoms with Gasteiger partial charge >= 0.3 is 0 Å². The number of rotatable bonds is 5. The first-order chi connectivity index (χ1) is 8.74. The van der Waals surface area contributed by atoms with Gasteiger partial charge in [0.25, 0.3) is 0 Å². The maximum Gasteiger partial charge on any atom is 0.161 e. The van der Waals surface area contributed by atoms with E-state index >= 15 is 0 Å². The fraction of sp³-hybridized carbons (Fsp3) is 0.500. The largest absolute Gasteiger partial charge is 0.493 e. The lowest BCUT2D eigenvalue weighted by Gasteiger charge is -2.17. The number of halogens is 1. The van der Waals surface area contributed by atoms with E-state index in [-0.39, 0.29) is 6.10 Å². The summed E-state index contributed by atoms with van der Waals surface area (Å²) in [4.78, 5) is 10.7. The topological polar surface area (TPSA) is 35.5 Å². The minimum atomic E-state index is -0.637. The lowest BCUT2D eigenvalue weighted by molar-refractivity contribution is -0.107. The summed E-state index contributed by atoms with van der Waals surface area (Å²) in [5.74, 6) is 1.36. The lowest BCUT2D eigenvalue weighted by Crippen LogP contribution is -2.12.